The molecular weight excluding hydrogens is 263 g/mol. The van der Waals surface area contributed by atoms with Crippen LogP contribution >= 0.6 is 0 Å². The van der Waals surface area contributed by atoms with Gasteiger partial charge in [0, 0.05) is 25.2 Å². The topological polar surface area (TPSA) is 70.5 Å². The van der Waals surface area contributed by atoms with Crippen molar-refractivity contribution in [2.24, 2.45) is 0 Å². The number of carbonyl (C=O) groups excluding carboxylic acids is 1. The summed E-state index contributed by atoms with van der Waals surface area (Å²) in [5, 5.41) is 8.76. The minimum Gasteiger partial charge on any atom is -0.481 e. The smallest absolute Gasteiger partial charge is 0.303 e. The molecule has 0 saturated carbocycles. The van der Waals surface area contributed by atoms with Crippen molar-refractivity contribution in [1.29, 1.82) is 0 Å². The lowest BCUT2D eigenvalue weighted by Gasteiger charge is -2.35. The first-order valence-corrected chi connectivity index (χ1v) is 6.72. The minimum atomic E-state index is -0.877. The van der Waals surface area contributed by atoms with Crippen LogP contribution in [0, 0.1) is 5.82 Å². The Morgan fingerprint density at radius 2 is 2.25 bits per heavy atom. The predicted octanol–water partition coefficient (Wildman–Crippen LogP) is 2.08. The van der Waals surface area contributed by atoms with Crippen molar-refractivity contribution in [1.82, 2.24) is 9.88 Å². The zero-order valence-electron chi connectivity index (χ0n) is 11.1. The Hall–Kier alpha value is -1.98. The number of rotatable bonds is 4. The number of carboxylic acids is 1. The Bertz CT molecular complexity index is 507. The van der Waals surface area contributed by atoms with Crippen molar-refractivity contribution in [2.75, 3.05) is 6.54 Å². The second kappa shape index (κ2) is 6.45. The van der Waals surface area contributed by atoms with E-state index < -0.39 is 11.8 Å². The molecule has 2 rings (SSSR count). The number of aromatic nitrogens is 1. The number of pyridine rings is 1. The normalized spacial score (nSPS) is 18.9. The first kappa shape index (κ1) is 14.4. The number of aliphatic carboxylic acids is 1. The molecule has 0 radical (unpaired) electrons. The maximum atomic E-state index is 13.6. The summed E-state index contributed by atoms with van der Waals surface area (Å²) in [6.45, 7) is 0.547. The van der Waals surface area contributed by atoms with Crippen molar-refractivity contribution in [2.45, 2.75) is 38.1 Å². The van der Waals surface area contributed by atoms with Gasteiger partial charge >= 0.3 is 5.97 Å². The molecule has 1 unspecified atom stereocenters. The average molecular weight is 280 g/mol. The van der Waals surface area contributed by atoms with E-state index in [9.17, 15) is 14.0 Å². The van der Waals surface area contributed by atoms with E-state index in [0.29, 0.717) is 13.0 Å². The maximum absolute atomic E-state index is 13.6. The van der Waals surface area contributed by atoms with Crippen LogP contribution in [0.4, 0.5) is 4.39 Å². The summed E-state index contributed by atoms with van der Waals surface area (Å²) in [5.41, 5.74) is 0.00206. The van der Waals surface area contributed by atoms with Crippen molar-refractivity contribution in [3.63, 3.8) is 0 Å². The number of likely N-dealkylation sites (tertiary alicyclic amines) is 1. The average Bonchev–Trinajstić information content (AvgIpc) is 2.45. The monoisotopic (exact) mass is 280 g/mol. The Balaban J connectivity index is 2.13. The van der Waals surface area contributed by atoms with Crippen LogP contribution in [0.25, 0.3) is 0 Å². The van der Waals surface area contributed by atoms with Gasteiger partial charge in [0.15, 0.2) is 5.82 Å². The van der Waals surface area contributed by atoms with Crippen LogP contribution in [-0.2, 0) is 4.79 Å². The van der Waals surface area contributed by atoms with Crippen LogP contribution in [0.15, 0.2) is 18.5 Å². The Morgan fingerprint density at radius 1 is 1.45 bits per heavy atom. The second-order valence-electron chi connectivity index (χ2n) is 4.94. The maximum Gasteiger partial charge on any atom is 0.303 e. The van der Waals surface area contributed by atoms with Gasteiger partial charge in [0.2, 0.25) is 0 Å². The van der Waals surface area contributed by atoms with Crippen LogP contribution in [0.3, 0.4) is 0 Å². The summed E-state index contributed by atoms with van der Waals surface area (Å²) >= 11 is 0. The van der Waals surface area contributed by atoms with Crippen molar-refractivity contribution >= 4 is 11.9 Å². The molecule has 5 nitrogen and oxygen atoms in total. The van der Waals surface area contributed by atoms with Crippen molar-refractivity contribution in [3.8, 4) is 0 Å². The highest BCUT2D eigenvalue weighted by Crippen LogP contribution is 2.23. The van der Waals surface area contributed by atoms with Crippen molar-refractivity contribution in [3.05, 3.63) is 29.8 Å². The highest BCUT2D eigenvalue weighted by molar-refractivity contribution is 5.94. The molecule has 1 aliphatic rings. The van der Waals surface area contributed by atoms with Crippen LogP contribution in [0.2, 0.25) is 0 Å². The summed E-state index contributed by atoms with van der Waals surface area (Å²) in [6, 6.07) is 1.24. The van der Waals surface area contributed by atoms with E-state index in [1.165, 1.54) is 12.3 Å². The molecule has 0 aromatic carbocycles. The van der Waals surface area contributed by atoms with Crippen LogP contribution in [0.1, 0.15) is 42.5 Å². The lowest BCUT2D eigenvalue weighted by Crippen LogP contribution is -2.44. The minimum absolute atomic E-state index is 0.00206. The number of nitrogens with zero attached hydrogens (tertiary/aromatic N) is 2. The zero-order valence-corrected chi connectivity index (χ0v) is 11.1. The largest absolute Gasteiger partial charge is 0.481 e. The number of hydrogen-bond acceptors (Lipinski definition) is 3. The highest BCUT2D eigenvalue weighted by Gasteiger charge is 2.29. The van der Waals surface area contributed by atoms with Gasteiger partial charge in [0.1, 0.15) is 0 Å². The van der Waals surface area contributed by atoms with Gasteiger partial charge in [-0.15, -0.1) is 0 Å². The van der Waals surface area contributed by atoms with E-state index in [4.69, 9.17) is 5.11 Å². The molecule has 108 valence electrons. The lowest BCUT2D eigenvalue weighted by atomic mass is 9.97. The Morgan fingerprint density at radius 3 is 2.95 bits per heavy atom. The summed E-state index contributed by atoms with van der Waals surface area (Å²) in [4.78, 5) is 28.3. The van der Waals surface area contributed by atoms with Crippen LogP contribution in [-0.4, -0.2) is 39.5 Å². The second-order valence-corrected chi connectivity index (χ2v) is 4.94. The van der Waals surface area contributed by atoms with Gasteiger partial charge in [-0.25, -0.2) is 4.39 Å². The number of carbonyl (C=O) groups is 2. The van der Waals surface area contributed by atoms with Gasteiger partial charge in [0.25, 0.3) is 5.91 Å². The first-order valence-electron chi connectivity index (χ1n) is 6.72. The molecule has 1 amide bonds. The number of hydrogen-bond donors (Lipinski definition) is 1. The number of carboxylic acid groups (broad SMARTS) is 1. The van der Waals surface area contributed by atoms with Gasteiger partial charge in [0.05, 0.1) is 11.8 Å². The van der Waals surface area contributed by atoms with E-state index in [0.717, 1.165) is 25.5 Å². The quantitative estimate of drug-likeness (QED) is 0.916. The molecule has 1 atom stereocenters. The standard InChI is InChI=1S/C14H17FN2O3/c15-12-9-16-7-6-11(12)14(20)17-8-2-1-3-10(17)4-5-13(18)19/h6-7,9-10H,1-5,8H2,(H,18,19). The lowest BCUT2D eigenvalue weighted by molar-refractivity contribution is -0.137. The molecule has 1 fully saturated rings. The molecule has 1 aromatic rings. The molecule has 0 spiro atoms. The number of piperidine rings is 1. The predicted molar refractivity (Wildman–Crippen MR) is 69.7 cm³/mol. The molecule has 1 saturated heterocycles. The van der Waals surface area contributed by atoms with Crippen LogP contribution < -0.4 is 0 Å². The molecule has 0 aliphatic carbocycles. The van der Waals surface area contributed by atoms with E-state index in [1.807, 2.05) is 0 Å². The van der Waals surface area contributed by atoms with Gasteiger partial charge in [-0.2, -0.15) is 0 Å². The zero-order chi connectivity index (χ0) is 14.5. The third-order valence-corrected chi connectivity index (χ3v) is 3.58. The summed E-state index contributed by atoms with van der Waals surface area (Å²) in [6.07, 6.45) is 5.43. The third kappa shape index (κ3) is 3.31. The highest BCUT2D eigenvalue weighted by atomic mass is 19.1. The van der Waals surface area contributed by atoms with Crippen LogP contribution in [0.5, 0.6) is 0 Å². The SMILES string of the molecule is O=C(O)CCC1CCCCN1C(=O)c1ccncc1F. The fraction of sp³-hybridized carbons (Fsp3) is 0.500. The van der Waals surface area contributed by atoms with Gasteiger partial charge in [-0.05, 0) is 31.7 Å². The van der Waals surface area contributed by atoms with E-state index >= 15 is 0 Å². The molecule has 0 bridgehead atoms. The molecule has 1 aliphatic heterocycles. The number of amides is 1. The molecule has 20 heavy (non-hydrogen) atoms. The van der Waals surface area contributed by atoms with Crippen molar-refractivity contribution < 1.29 is 19.1 Å². The molecule has 1 aromatic heterocycles. The van der Waals surface area contributed by atoms with E-state index in [-0.39, 0.29) is 23.9 Å². The third-order valence-electron chi connectivity index (χ3n) is 3.58. The van der Waals surface area contributed by atoms with E-state index in [2.05, 4.69) is 4.98 Å². The fourth-order valence-corrected chi connectivity index (χ4v) is 2.56. The Kier molecular flexibility index (Phi) is 4.65. The molecule has 6 heteroatoms. The van der Waals surface area contributed by atoms with Gasteiger partial charge in [-0.3, -0.25) is 14.6 Å². The Labute approximate surface area is 116 Å². The number of halogens is 1. The molecule has 1 N–H and O–H groups in total. The summed E-state index contributed by atoms with van der Waals surface area (Å²) in [5.74, 6) is -1.89. The molecule has 2 heterocycles. The first-order chi connectivity index (χ1) is 9.59. The molecular formula is C14H17FN2O3. The fourth-order valence-electron chi connectivity index (χ4n) is 2.56. The van der Waals surface area contributed by atoms with E-state index in [1.54, 1.807) is 4.90 Å². The van der Waals surface area contributed by atoms with Gasteiger partial charge in [-0.1, -0.05) is 0 Å². The van der Waals surface area contributed by atoms with Gasteiger partial charge < -0.3 is 10.0 Å². The summed E-state index contributed by atoms with van der Waals surface area (Å²) in [7, 11) is 0. The summed E-state index contributed by atoms with van der Waals surface area (Å²) < 4.78 is 13.6.